The summed E-state index contributed by atoms with van der Waals surface area (Å²) in [5, 5.41) is 5.92. The van der Waals surface area contributed by atoms with E-state index in [1.54, 1.807) is 24.3 Å². The number of hydrogen-bond donors (Lipinski definition) is 2. The Morgan fingerprint density at radius 2 is 1.79 bits per heavy atom. The molecule has 3 rings (SSSR count). The molecule has 2 amide bonds. The molecule has 1 saturated carbocycles. The van der Waals surface area contributed by atoms with E-state index in [1.807, 2.05) is 12.1 Å². The molecule has 1 aliphatic heterocycles. The third-order valence-corrected chi connectivity index (χ3v) is 5.59. The Kier molecular flexibility index (Phi) is 7.66. The zero-order valence-corrected chi connectivity index (χ0v) is 17.0. The predicted octanol–water partition coefficient (Wildman–Crippen LogP) is 3.22. The minimum absolute atomic E-state index is 0.0187. The molecule has 1 aliphatic carbocycles. The molecule has 0 radical (unpaired) electrons. The summed E-state index contributed by atoms with van der Waals surface area (Å²) < 4.78 is 0. The molecule has 0 aromatic heterocycles. The average Bonchev–Trinajstić information content (AvgIpc) is 3.52. The lowest BCUT2D eigenvalue weighted by molar-refractivity contribution is -0.116. The molecule has 1 saturated heterocycles. The van der Waals surface area contributed by atoms with Gasteiger partial charge in [-0.3, -0.25) is 9.59 Å². The summed E-state index contributed by atoms with van der Waals surface area (Å²) in [5.74, 6) is 0.788. The van der Waals surface area contributed by atoms with Crippen molar-refractivity contribution in [3.63, 3.8) is 0 Å². The maximum atomic E-state index is 12.0. The van der Waals surface area contributed by atoms with E-state index in [1.165, 1.54) is 25.9 Å². The first-order valence-corrected chi connectivity index (χ1v) is 10.7. The number of likely N-dealkylation sites (tertiary alicyclic amines) is 1. The third-order valence-electron chi connectivity index (χ3n) is 5.59. The van der Waals surface area contributed by atoms with Gasteiger partial charge in [-0.2, -0.15) is 0 Å². The number of amides is 2. The molecule has 28 heavy (non-hydrogen) atoms. The fraction of sp³-hybridized carbons (Fsp3) is 0.565. The largest absolute Gasteiger partial charge is 0.353 e. The number of nitrogens with one attached hydrogen (secondary N) is 2. The molecule has 2 fully saturated rings. The third kappa shape index (κ3) is 7.12. The van der Waals surface area contributed by atoms with Gasteiger partial charge in [-0.25, -0.2) is 0 Å². The Labute approximate surface area is 168 Å². The van der Waals surface area contributed by atoms with E-state index in [0.717, 1.165) is 43.7 Å². The van der Waals surface area contributed by atoms with Crippen molar-refractivity contribution in [1.82, 2.24) is 15.5 Å². The van der Waals surface area contributed by atoms with Crippen molar-refractivity contribution in [2.75, 3.05) is 26.2 Å². The number of piperidine rings is 1. The molecular weight excluding hydrogens is 350 g/mol. The van der Waals surface area contributed by atoms with Crippen LogP contribution in [0.5, 0.6) is 0 Å². The number of unbranched alkanes of at least 4 members (excludes halogenated alkanes) is 1. The number of carbonyl (C=O) groups excluding carboxylic acids is 2. The Bertz CT molecular complexity index is 672. The topological polar surface area (TPSA) is 61.4 Å². The Balaban J connectivity index is 1.29. The number of nitrogens with zero attached hydrogens (tertiary/aromatic N) is 1. The lowest BCUT2D eigenvalue weighted by Crippen LogP contribution is -2.34. The number of rotatable bonds is 9. The normalized spacial score (nSPS) is 18.3. The molecular formula is C23H33N3O2. The summed E-state index contributed by atoms with van der Waals surface area (Å²) in [6.45, 7) is 6.63. The van der Waals surface area contributed by atoms with Crippen LogP contribution in [0, 0.1) is 5.92 Å². The standard InChI is InChI=1S/C23H33N3O2/c1-18-12-16-26(17-13-18)15-3-2-14-24-22(27)11-6-19-4-7-20(8-5-19)23(28)25-21-9-10-21/h4-8,11,18,21H,2-3,9-10,12-17H2,1H3,(H,24,27)(H,25,28). The van der Waals surface area contributed by atoms with Crippen LogP contribution in [0.25, 0.3) is 6.08 Å². The van der Waals surface area contributed by atoms with E-state index in [4.69, 9.17) is 0 Å². The van der Waals surface area contributed by atoms with Crippen molar-refractivity contribution in [2.24, 2.45) is 5.92 Å². The van der Waals surface area contributed by atoms with Crippen molar-refractivity contribution >= 4 is 17.9 Å². The van der Waals surface area contributed by atoms with Crippen LogP contribution in [-0.4, -0.2) is 48.9 Å². The van der Waals surface area contributed by atoms with Crippen LogP contribution >= 0.6 is 0 Å². The zero-order valence-electron chi connectivity index (χ0n) is 17.0. The number of hydrogen-bond acceptors (Lipinski definition) is 3. The maximum Gasteiger partial charge on any atom is 0.251 e. The van der Waals surface area contributed by atoms with Crippen LogP contribution in [0.3, 0.4) is 0 Å². The first-order chi connectivity index (χ1) is 13.6. The highest BCUT2D eigenvalue weighted by atomic mass is 16.2. The molecule has 0 bridgehead atoms. The number of benzene rings is 1. The van der Waals surface area contributed by atoms with E-state index < -0.39 is 0 Å². The fourth-order valence-electron chi connectivity index (χ4n) is 3.43. The second kappa shape index (κ2) is 10.4. The minimum atomic E-state index is -0.0673. The van der Waals surface area contributed by atoms with Gasteiger partial charge in [0.2, 0.25) is 5.91 Å². The van der Waals surface area contributed by atoms with Gasteiger partial charge in [0.05, 0.1) is 0 Å². The van der Waals surface area contributed by atoms with Crippen LogP contribution < -0.4 is 10.6 Å². The Morgan fingerprint density at radius 3 is 2.46 bits per heavy atom. The molecule has 2 N–H and O–H groups in total. The van der Waals surface area contributed by atoms with E-state index in [2.05, 4.69) is 22.5 Å². The van der Waals surface area contributed by atoms with Gasteiger partial charge in [0.15, 0.2) is 0 Å². The molecule has 2 aliphatic rings. The van der Waals surface area contributed by atoms with Crippen LogP contribution in [-0.2, 0) is 4.79 Å². The van der Waals surface area contributed by atoms with Gasteiger partial charge >= 0.3 is 0 Å². The smallest absolute Gasteiger partial charge is 0.251 e. The highest BCUT2D eigenvalue weighted by Crippen LogP contribution is 2.19. The lowest BCUT2D eigenvalue weighted by atomic mass is 9.99. The van der Waals surface area contributed by atoms with Crippen LogP contribution in [0.1, 0.15) is 61.4 Å². The predicted molar refractivity (Wildman–Crippen MR) is 113 cm³/mol. The molecule has 1 heterocycles. The van der Waals surface area contributed by atoms with E-state index >= 15 is 0 Å². The van der Waals surface area contributed by atoms with Crippen LogP contribution in [0.4, 0.5) is 0 Å². The van der Waals surface area contributed by atoms with Crippen LogP contribution in [0.2, 0.25) is 0 Å². The summed E-state index contributed by atoms with van der Waals surface area (Å²) in [5.41, 5.74) is 1.58. The van der Waals surface area contributed by atoms with Gasteiger partial charge in [-0.05, 0) is 87.8 Å². The second-order valence-corrected chi connectivity index (χ2v) is 8.23. The molecule has 0 unspecified atom stereocenters. The quantitative estimate of drug-likeness (QED) is 0.508. The summed E-state index contributed by atoms with van der Waals surface area (Å²) in [4.78, 5) is 26.4. The molecule has 1 aromatic carbocycles. The van der Waals surface area contributed by atoms with Gasteiger partial charge in [0, 0.05) is 24.2 Å². The van der Waals surface area contributed by atoms with Crippen molar-refractivity contribution in [2.45, 2.75) is 51.5 Å². The van der Waals surface area contributed by atoms with Gasteiger partial charge in [-0.1, -0.05) is 19.1 Å². The molecule has 5 heteroatoms. The molecule has 152 valence electrons. The molecule has 0 atom stereocenters. The number of carbonyl (C=O) groups is 2. The first kappa shape index (κ1) is 20.6. The van der Waals surface area contributed by atoms with Gasteiger partial charge in [0.1, 0.15) is 0 Å². The summed E-state index contributed by atoms with van der Waals surface area (Å²) in [7, 11) is 0. The molecule has 0 spiro atoms. The Morgan fingerprint density at radius 1 is 1.07 bits per heavy atom. The SMILES string of the molecule is CC1CCN(CCCCNC(=O)C=Cc2ccc(C(=O)NC3CC3)cc2)CC1. The van der Waals surface area contributed by atoms with Crippen molar-refractivity contribution in [3.05, 3.63) is 41.5 Å². The van der Waals surface area contributed by atoms with Crippen molar-refractivity contribution in [3.8, 4) is 0 Å². The lowest BCUT2D eigenvalue weighted by Gasteiger charge is -2.30. The zero-order chi connectivity index (χ0) is 19.8. The van der Waals surface area contributed by atoms with E-state index in [-0.39, 0.29) is 11.8 Å². The first-order valence-electron chi connectivity index (χ1n) is 10.7. The molecule has 5 nitrogen and oxygen atoms in total. The summed E-state index contributed by atoms with van der Waals surface area (Å²) in [6, 6.07) is 7.70. The van der Waals surface area contributed by atoms with Crippen molar-refractivity contribution < 1.29 is 9.59 Å². The Hall–Kier alpha value is -2.14. The van der Waals surface area contributed by atoms with E-state index in [9.17, 15) is 9.59 Å². The highest BCUT2D eigenvalue weighted by molar-refractivity contribution is 5.95. The molecule has 1 aromatic rings. The van der Waals surface area contributed by atoms with Gasteiger partial charge < -0.3 is 15.5 Å². The minimum Gasteiger partial charge on any atom is -0.353 e. The van der Waals surface area contributed by atoms with Crippen LogP contribution in [0.15, 0.2) is 30.3 Å². The highest BCUT2D eigenvalue weighted by Gasteiger charge is 2.23. The van der Waals surface area contributed by atoms with Gasteiger partial charge in [-0.15, -0.1) is 0 Å². The second-order valence-electron chi connectivity index (χ2n) is 8.23. The van der Waals surface area contributed by atoms with E-state index in [0.29, 0.717) is 18.2 Å². The summed E-state index contributed by atoms with van der Waals surface area (Å²) >= 11 is 0. The summed E-state index contributed by atoms with van der Waals surface area (Å²) in [6.07, 6.45) is 10.3. The maximum absolute atomic E-state index is 12.0. The fourth-order valence-corrected chi connectivity index (χ4v) is 3.43. The van der Waals surface area contributed by atoms with Crippen molar-refractivity contribution in [1.29, 1.82) is 0 Å². The van der Waals surface area contributed by atoms with Gasteiger partial charge in [0.25, 0.3) is 5.91 Å². The average molecular weight is 384 g/mol. The monoisotopic (exact) mass is 383 g/mol.